The van der Waals surface area contributed by atoms with E-state index in [2.05, 4.69) is 28.4 Å². The molecule has 4 nitrogen and oxygen atoms in total. The van der Waals surface area contributed by atoms with Crippen molar-refractivity contribution in [3.63, 3.8) is 0 Å². The van der Waals surface area contributed by atoms with Crippen molar-refractivity contribution < 1.29 is 9.53 Å². The van der Waals surface area contributed by atoms with Crippen molar-refractivity contribution in [2.75, 3.05) is 13.1 Å². The summed E-state index contributed by atoms with van der Waals surface area (Å²) in [5.41, 5.74) is 4.33. The van der Waals surface area contributed by atoms with Crippen LogP contribution in [0.4, 0.5) is 0 Å². The molecular weight excluding hydrogens is 372 g/mol. The first-order valence-electron chi connectivity index (χ1n) is 9.94. The van der Waals surface area contributed by atoms with Gasteiger partial charge in [-0.1, -0.05) is 35.9 Å². The lowest BCUT2D eigenvalue weighted by Crippen LogP contribution is -2.36. The van der Waals surface area contributed by atoms with E-state index in [1.54, 1.807) is 6.92 Å². The molecule has 0 aliphatic carbocycles. The zero-order valence-corrected chi connectivity index (χ0v) is 17.7. The van der Waals surface area contributed by atoms with Gasteiger partial charge in [0.05, 0.1) is 0 Å². The predicted octanol–water partition coefficient (Wildman–Crippen LogP) is 4.64. The topological polar surface area (TPSA) is 41.6 Å². The molecule has 1 aliphatic heterocycles. The third-order valence-electron chi connectivity index (χ3n) is 5.26. The summed E-state index contributed by atoms with van der Waals surface area (Å²) in [5, 5.41) is 3.75. The number of carbonyl (C=O) groups excluding carboxylic acids is 1. The van der Waals surface area contributed by atoms with Gasteiger partial charge in [0.25, 0.3) is 5.91 Å². The molecule has 1 amide bonds. The van der Waals surface area contributed by atoms with Crippen LogP contribution in [0.15, 0.2) is 36.4 Å². The number of ether oxygens (including phenoxy) is 1. The maximum atomic E-state index is 12.5. The number of hydrogen-bond donors (Lipinski definition) is 1. The summed E-state index contributed by atoms with van der Waals surface area (Å²) < 4.78 is 5.84. The van der Waals surface area contributed by atoms with Gasteiger partial charge in [-0.25, -0.2) is 0 Å². The number of nitrogens with zero attached hydrogens (tertiary/aromatic N) is 1. The molecule has 1 N–H and O–H groups in total. The molecule has 1 atom stereocenters. The summed E-state index contributed by atoms with van der Waals surface area (Å²) in [6, 6.07) is 12.1. The Labute approximate surface area is 172 Å². The molecule has 5 heteroatoms. The molecule has 0 spiro atoms. The molecule has 0 radical (unpaired) electrons. The molecule has 1 heterocycles. The summed E-state index contributed by atoms with van der Waals surface area (Å²) in [7, 11) is 0. The van der Waals surface area contributed by atoms with Crippen LogP contribution in [0.2, 0.25) is 5.02 Å². The molecule has 0 saturated carbocycles. The second-order valence-corrected chi connectivity index (χ2v) is 7.98. The summed E-state index contributed by atoms with van der Waals surface area (Å²) in [4.78, 5) is 15.0. The van der Waals surface area contributed by atoms with E-state index in [1.165, 1.54) is 18.4 Å². The van der Waals surface area contributed by atoms with Gasteiger partial charge >= 0.3 is 0 Å². The monoisotopic (exact) mass is 400 g/mol. The number of aryl methyl sites for hydroxylation is 2. The molecule has 2 aromatic rings. The molecule has 0 aromatic heterocycles. The first-order chi connectivity index (χ1) is 13.4. The van der Waals surface area contributed by atoms with E-state index < -0.39 is 6.10 Å². The Kier molecular flexibility index (Phi) is 6.97. The smallest absolute Gasteiger partial charge is 0.261 e. The number of carbonyl (C=O) groups is 1. The zero-order valence-electron chi connectivity index (χ0n) is 16.9. The van der Waals surface area contributed by atoms with Crippen LogP contribution in [0, 0.1) is 13.8 Å². The van der Waals surface area contributed by atoms with Gasteiger partial charge in [0, 0.05) is 18.1 Å². The molecule has 1 aliphatic rings. The minimum Gasteiger partial charge on any atom is -0.481 e. The van der Waals surface area contributed by atoms with E-state index in [9.17, 15) is 4.79 Å². The largest absolute Gasteiger partial charge is 0.481 e. The highest BCUT2D eigenvalue weighted by atomic mass is 35.5. The fourth-order valence-electron chi connectivity index (χ4n) is 3.62. The van der Waals surface area contributed by atoms with E-state index in [4.69, 9.17) is 16.3 Å². The summed E-state index contributed by atoms with van der Waals surface area (Å²) in [5.74, 6) is 0.540. The third kappa shape index (κ3) is 5.27. The highest BCUT2D eigenvalue weighted by Gasteiger charge is 2.17. The number of rotatable bonds is 7. The van der Waals surface area contributed by atoms with Crippen LogP contribution in [-0.4, -0.2) is 30.0 Å². The van der Waals surface area contributed by atoms with E-state index in [1.807, 2.05) is 32.0 Å². The Morgan fingerprint density at radius 2 is 1.75 bits per heavy atom. The molecular formula is C23H29ClN2O2. The van der Waals surface area contributed by atoms with E-state index in [-0.39, 0.29) is 5.91 Å². The Morgan fingerprint density at radius 1 is 1.14 bits per heavy atom. The average molecular weight is 401 g/mol. The Hall–Kier alpha value is -2.04. The fraction of sp³-hybridized carbons (Fsp3) is 0.435. The highest BCUT2D eigenvalue weighted by Crippen LogP contribution is 2.26. The molecule has 2 aromatic carbocycles. The molecule has 28 heavy (non-hydrogen) atoms. The van der Waals surface area contributed by atoms with Gasteiger partial charge in [0.2, 0.25) is 0 Å². The van der Waals surface area contributed by atoms with Crippen molar-refractivity contribution in [1.29, 1.82) is 0 Å². The second kappa shape index (κ2) is 9.44. The second-order valence-electron chi connectivity index (χ2n) is 7.60. The zero-order chi connectivity index (χ0) is 20.1. The number of hydrogen-bond acceptors (Lipinski definition) is 3. The minimum absolute atomic E-state index is 0.124. The van der Waals surface area contributed by atoms with Crippen molar-refractivity contribution in [2.45, 2.75) is 52.8 Å². The van der Waals surface area contributed by atoms with Crippen LogP contribution in [0.3, 0.4) is 0 Å². The van der Waals surface area contributed by atoms with Gasteiger partial charge < -0.3 is 10.1 Å². The number of halogens is 1. The van der Waals surface area contributed by atoms with Crippen LogP contribution in [-0.2, 0) is 17.9 Å². The van der Waals surface area contributed by atoms with Crippen molar-refractivity contribution in [2.24, 2.45) is 0 Å². The number of nitrogens with one attached hydrogen (secondary N) is 1. The fourth-order valence-corrected chi connectivity index (χ4v) is 3.73. The standard InChI is InChI=1S/C23H29ClN2O2/c1-16-12-21(13-17(2)22(16)24)28-18(3)23(27)25-14-19-8-4-5-9-20(19)15-26-10-6-7-11-26/h4-5,8-9,12-13,18H,6-7,10-11,14-15H2,1-3H3,(H,25,27)/t18-/m1/s1. The van der Waals surface area contributed by atoms with Gasteiger partial charge in [-0.15, -0.1) is 0 Å². The van der Waals surface area contributed by atoms with Crippen molar-refractivity contribution >= 4 is 17.5 Å². The van der Waals surface area contributed by atoms with Crippen LogP contribution >= 0.6 is 11.6 Å². The molecule has 0 unspecified atom stereocenters. The quantitative estimate of drug-likeness (QED) is 0.736. The maximum absolute atomic E-state index is 12.5. The lowest BCUT2D eigenvalue weighted by atomic mass is 10.1. The number of amides is 1. The minimum atomic E-state index is -0.578. The normalized spacial score (nSPS) is 15.4. The Morgan fingerprint density at radius 3 is 2.39 bits per heavy atom. The summed E-state index contributed by atoms with van der Waals surface area (Å²) in [6.07, 6.45) is 1.97. The number of benzene rings is 2. The van der Waals surface area contributed by atoms with Gasteiger partial charge in [0.1, 0.15) is 5.75 Å². The van der Waals surface area contributed by atoms with Crippen LogP contribution < -0.4 is 10.1 Å². The lowest BCUT2D eigenvalue weighted by Gasteiger charge is -2.19. The van der Waals surface area contributed by atoms with Crippen LogP contribution in [0.1, 0.15) is 42.0 Å². The molecule has 1 saturated heterocycles. The molecule has 3 rings (SSSR count). The average Bonchev–Trinajstić information content (AvgIpc) is 3.18. The van der Waals surface area contributed by atoms with E-state index in [0.29, 0.717) is 12.3 Å². The van der Waals surface area contributed by atoms with Crippen LogP contribution in [0.25, 0.3) is 0 Å². The molecule has 0 bridgehead atoms. The SMILES string of the molecule is Cc1cc(O[C@H](C)C(=O)NCc2ccccc2CN2CCCC2)cc(C)c1Cl. The lowest BCUT2D eigenvalue weighted by molar-refractivity contribution is -0.127. The van der Waals surface area contributed by atoms with Crippen molar-refractivity contribution in [3.8, 4) is 5.75 Å². The first kappa shape index (κ1) is 20.7. The number of likely N-dealkylation sites (tertiary alicyclic amines) is 1. The molecule has 1 fully saturated rings. The van der Waals surface area contributed by atoms with Gasteiger partial charge in [-0.05, 0) is 81.1 Å². The van der Waals surface area contributed by atoms with Gasteiger partial charge in [-0.2, -0.15) is 0 Å². The third-order valence-corrected chi connectivity index (χ3v) is 5.85. The summed E-state index contributed by atoms with van der Waals surface area (Å²) >= 11 is 6.20. The van der Waals surface area contributed by atoms with E-state index in [0.717, 1.165) is 41.3 Å². The molecule has 150 valence electrons. The van der Waals surface area contributed by atoms with Crippen molar-refractivity contribution in [1.82, 2.24) is 10.2 Å². The first-order valence-corrected chi connectivity index (χ1v) is 10.3. The van der Waals surface area contributed by atoms with E-state index >= 15 is 0 Å². The predicted molar refractivity (Wildman–Crippen MR) is 114 cm³/mol. The maximum Gasteiger partial charge on any atom is 0.261 e. The van der Waals surface area contributed by atoms with Gasteiger partial charge in [0.15, 0.2) is 6.10 Å². The van der Waals surface area contributed by atoms with Gasteiger partial charge in [-0.3, -0.25) is 9.69 Å². The summed E-state index contributed by atoms with van der Waals surface area (Å²) in [6.45, 7) is 9.41. The Bertz CT molecular complexity index is 808. The highest BCUT2D eigenvalue weighted by molar-refractivity contribution is 6.32. The van der Waals surface area contributed by atoms with Crippen LogP contribution in [0.5, 0.6) is 5.75 Å². The van der Waals surface area contributed by atoms with Crippen molar-refractivity contribution in [3.05, 3.63) is 63.7 Å². The Balaban J connectivity index is 1.58.